The van der Waals surface area contributed by atoms with E-state index in [-0.39, 0.29) is 5.82 Å². The summed E-state index contributed by atoms with van der Waals surface area (Å²) in [6.07, 6.45) is 0.918. The van der Waals surface area contributed by atoms with Gasteiger partial charge in [0, 0.05) is 10.6 Å². The Morgan fingerprint density at radius 1 is 1.21 bits per heavy atom. The summed E-state index contributed by atoms with van der Waals surface area (Å²) in [5.41, 5.74) is 1.54. The fourth-order valence-corrected chi connectivity index (χ4v) is 2.83. The molecule has 0 unspecified atom stereocenters. The van der Waals surface area contributed by atoms with Crippen LogP contribution in [0.3, 0.4) is 0 Å². The van der Waals surface area contributed by atoms with E-state index in [1.807, 2.05) is 6.07 Å². The Morgan fingerprint density at radius 3 is 2.58 bits per heavy atom. The number of nitrogens with zero attached hydrogens (tertiary/aromatic N) is 2. The lowest BCUT2D eigenvalue weighted by molar-refractivity contribution is -0.606. The van der Waals surface area contributed by atoms with E-state index in [9.17, 15) is 13.6 Å². The summed E-state index contributed by atoms with van der Waals surface area (Å²) >= 11 is 6.05. The van der Waals surface area contributed by atoms with Crippen molar-refractivity contribution in [2.75, 3.05) is 6.26 Å². The van der Waals surface area contributed by atoms with Gasteiger partial charge in [-0.15, -0.1) is 0 Å². The van der Waals surface area contributed by atoms with Gasteiger partial charge in [0.2, 0.25) is 0 Å². The van der Waals surface area contributed by atoms with Crippen LogP contribution in [0.25, 0.3) is 22.2 Å². The third-order valence-corrected chi connectivity index (χ3v) is 4.13. The van der Waals surface area contributed by atoms with Crippen LogP contribution in [0.1, 0.15) is 5.82 Å². The third kappa shape index (κ3) is 3.48. The first kappa shape index (κ1) is 16.6. The van der Waals surface area contributed by atoms with E-state index in [0.29, 0.717) is 31.9 Å². The van der Waals surface area contributed by atoms with Crippen molar-refractivity contribution in [1.82, 2.24) is 4.98 Å². The summed E-state index contributed by atoms with van der Waals surface area (Å²) < 4.78 is 27.7. The Kier molecular flexibility index (Phi) is 4.40. The largest absolute Gasteiger partial charge is 0.710 e. The average Bonchev–Trinajstić information content (AvgIpc) is 2.53. The van der Waals surface area contributed by atoms with Gasteiger partial charge >= 0.3 is 5.82 Å². The molecule has 2 aromatic carbocycles. The van der Waals surface area contributed by atoms with Gasteiger partial charge in [-0.3, -0.25) is 4.18 Å². The lowest BCUT2D eigenvalue weighted by atomic mass is 10.1. The van der Waals surface area contributed by atoms with E-state index in [1.165, 1.54) is 0 Å². The van der Waals surface area contributed by atoms with Crippen molar-refractivity contribution in [3.63, 3.8) is 0 Å². The van der Waals surface area contributed by atoms with Gasteiger partial charge in [-0.05, 0) is 23.2 Å². The van der Waals surface area contributed by atoms with Crippen LogP contribution in [0.2, 0.25) is 5.02 Å². The van der Waals surface area contributed by atoms with E-state index in [0.717, 1.165) is 6.26 Å². The monoisotopic (exact) mass is 364 g/mol. The number of hydrogen-bond donors (Lipinski definition) is 0. The summed E-state index contributed by atoms with van der Waals surface area (Å²) in [6, 6.07) is 14.0. The van der Waals surface area contributed by atoms with Gasteiger partial charge in [-0.25, -0.2) is 4.73 Å². The number of hydrogen-bond acceptors (Lipinski definition) is 5. The zero-order valence-corrected chi connectivity index (χ0v) is 14.2. The summed E-state index contributed by atoms with van der Waals surface area (Å²) in [5.74, 6) is -0.0471. The van der Waals surface area contributed by atoms with Crippen LogP contribution < -0.4 is 4.73 Å². The molecule has 0 saturated carbocycles. The smallest absolute Gasteiger partial charge is 0.329 e. The van der Waals surface area contributed by atoms with E-state index in [4.69, 9.17) is 15.8 Å². The lowest BCUT2D eigenvalue weighted by Gasteiger charge is -2.14. The quantitative estimate of drug-likeness (QED) is 0.404. The zero-order valence-electron chi connectivity index (χ0n) is 12.6. The van der Waals surface area contributed by atoms with E-state index in [2.05, 4.69) is 4.98 Å². The molecule has 124 valence electrons. The van der Waals surface area contributed by atoms with Crippen LogP contribution in [0.15, 0.2) is 48.5 Å². The van der Waals surface area contributed by atoms with Crippen LogP contribution in [-0.2, 0) is 20.9 Å². The maximum atomic E-state index is 12.7. The molecule has 0 N–H and O–H groups in total. The number of aromatic nitrogens is 2. The minimum Gasteiger partial charge on any atom is -0.710 e. The van der Waals surface area contributed by atoms with E-state index >= 15 is 0 Å². The third-order valence-electron chi connectivity index (χ3n) is 3.35. The van der Waals surface area contributed by atoms with Crippen LogP contribution in [0.5, 0.6) is 0 Å². The Balaban J connectivity index is 2.25. The highest BCUT2D eigenvalue weighted by atomic mass is 35.5. The Labute approximate surface area is 144 Å². The van der Waals surface area contributed by atoms with Crippen molar-refractivity contribution in [3.05, 3.63) is 64.6 Å². The highest BCUT2D eigenvalue weighted by Gasteiger charge is 2.21. The Morgan fingerprint density at radius 2 is 1.92 bits per heavy atom. The van der Waals surface area contributed by atoms with Crippen LogP contribution in [0.4, 0.5) is 0 Å². The Bertz CT molecular complexity index is 1010. The first-order valence-corrected chi connectivity index (χ1v) is 9.16. The number of rotatable bonds is 4. The minimum atomic E-state index is -3.69. The molecule has 3 aromatic rings. The van der Waals surface area contributed by atoms with Gasteiger partial charge in [0.1, 0.15) is 5.69 Å². The second kappa shape index (κ2) is 6.35. The van der Waals surface area contributed by atoms with E-state index < -0.39 is 16.7 Å². The molecule has 1 aromatic heterocycles. The summed E-state index contributed by atoms with van der Waals surface area (Å²) in [5, 5.41) is 13.8. The van der Waals surface area contributed by atoms with Crippen LogP contribution in [0, 0.1) is 5.21 Å². The summed E-state index contributed by atoms with van der Waals surface area (Å²) in [6.45, 7) is -0.444. The highest BCUT2D eigenvalue weighted by molar-refractivity contribution is 7.85. The van der Waals surface area contributed by atoms with Crippen LogP contribution in [-0.4, -0.2) is 19.7 Å². The molecular formula is C16H13ClN2O4S. The van der Waals surface area contributed by atoms with E-state index in [1.54, 1.807) is 42.5 Å². The predicted molar refractivity (Wildman–Crippen MR) is 90.8 cm³/mol. The average molecular weight is 365 g/mol. The molecule has 0 atom stereocenters. The molecule has 0 amide bonds. The molecule has 0 aliphatic rings. The highest BCUT2D eigenvalue weighted by Crippen LogP contribution is 2.27. The SMILES string of the molecule is CS(=O)(=O)OCc1nc2ccc(Cl)cc2c(-c2ccccc2)[n+]1[O-]. The molecule has 0 bridgehead atoms. The van der Waals surface area contributed by atoms with Gasteiger partial charge in [0.15, 0.2) is 12.1 Å². The molecule has 0 fully saturated rings. The van der Waals surface area contributed by atoms with Crippen molar-refractivity contribution in [2.45, 2.75) is 6.61 Å². The Hall–Kier alpha value is -2.22. The maximum Gasteiger partial charge on any atom is 0.329 e. The van der Waals surface area contributed by atoms with Crippen molar-refractivity contribution >= 4 is 32.6 Å². The number of benzene rings is 2. The van der Waals surface area contributed by atoms with Gasteiger partial charge in [-0.2, -0.15) is 8.42 Å². The van der Waals surface area contributed by atoms with Crippen LogP contribution >= 0.6 is 11.6 Å². The fourth-order valence-electron chi connectivity index (χ4n) is 2.34. The second-order valence-corrected chi connectivity index (χ2v) is 7.25. The van der Waals surface area contributed by atoms with Gasteiger partial charge in [0.25, 0.3) is 10.1 Å². The molecular weight excluding hydrogens is 352 g/mol. The maximum absolute atomic E-state index is 12.7. The number of halogens is 1. The minimum absolute atomic E-state index is 0.0471. The molecule has 8 heteroatoms. The molecule has 0 aliphatic heterocycles. The first-order valence-electron chi connectivity index (χ1n) is 6.97. The zero-order chi connectivity index (χ0) is 17.3. The molecule has 0 radical (unpaired) electrons. The molecule has 0 spiro atoms. The topological polar surface area (TPSA) is 83.2 Å². The number of fused-ring (bicyclic) bond motifs is 1. The van der Waals surface area contributed by atoms with Crippen molar-refractivity contribution < 1.29 is 17.3 Å². The van der Waals surface area contributed by atoms with Gasteiger partial charge in [0.05, 0.1) is 11.6 Å². The standard InChI is InChI=1S/C16H13ClN2O4S/c1-24(21,22)23-10-15-18-14-8-7-12(17)9-13(14)16(19(15)20)11-5-3-2-4-6-11/h2-9H,10H2,1H3. The summed E-state index contributed by atoms with van der Waals surface area (Å²) in [4.78, 5) is 4.21. The first-order chi connectivity index (χ1) is 11.3. The summed E-state index contributed by atoms with van der Waals surface area (Å²) in [7, 11) is -3.69. The molecule has 1 heterocycles. The van der Waals surface area contributed by atoms with Gasteiger partial charge in [-0.1, -0.05) is 41.9 Å². The normalized spacial score (nSPS) is 11.8. The molecule has 0 saturated heterocycles. The van der Waals surface area contributed by atoms with Gasteiger partial charge < -0.3 is 5.21 Å². The molecule has 6 nitrogen and oxygen atoms in total. The van der Waals surface area contributed by atoms with Crippen molar-refractivity contribution in [2.24, 2.45) is 0 Å². The van der Waals surface area contributed by atoms with Crippen molar-refractivity contribution in [1.29, 1.82) is 0 Å². The fraction of sp³-hybridized carbons (Fsp3) is 0.125. The predicted octanol–water partition coefficient (Wildman–Crippen LogP) is 2.66. The second-order valence-electron chi connectivity index (χ2n) is 5.16. The van der Waals surface area contributed by atoms with Crippen molar-refractivity contribution in [3.8, 4) is 11.3 Å². The molecule has 0 aliphatic carbocycles. The molecule has 24 heavy (non-hydrogen) atoms. The lowest BCUT2D eigenvalue weighted by Crippen LogP contribution is -2.37. The molecule has 3 rings (SSSR count).